The molecule has 2 unspecified atom stereocenters. The summed E-state index contributed by atoms with van der Waals surface area (Å²) in [6.07, 6.45) is 1.46. The van der Waals surface area contributed by atoms with E-state index >= 15 is 0 Å². The van der Waals surface area contributed by atoms with Gasteiger partial charge in [-0.25, -0.2) is 0 Å². The average molecular weight is 291 g/mol. The van der Waals surface area contributed by atoms with Gasteiger partial charge in [0.1, 0.15) is 11.5 Å². The van der Waals surface area contributed by atoms with Crippen LogP contribution < -0.4 is 4.74 Å². The lowest BCUT2D eigenvalue weighted by Gasteiger charge is -2.30. The quantitative estimate of drug-likeness (QED) is 0.805. The summed E-state index contributed by atoms with van der Waals surface area (Å²) < 4.78 is 10.8. The number of Topliss-reactive ketones (excluding diaryl/α,β-unsaturated/α-hetero) is 1. The molecule has 2 atom stereocenters. The molecule has 0 amide bonds. The van der Waals surface area contributed by atoms with E-state index < -0.39 is 0 Å². The van der Waals surface area contributed by atoms with Crippen molar-refractivity contribution in [2.45, 2.75) is 25.8 Å². The Morgan fingerprint density at radius 1 is 1.43 bits per heavy atom. The predicted octanol–water partition coefficient (Wildman–Crippen LogP) is 2.16. The number of hydrogen-bond acceptors (Lipinski definition) is 4. The summed E-state index contributed by atoms with van der Waals surface area (Å²) in [7, 11) is 3.77. The van der Waals surface area contributed by atoms with Crippen LogP contribution in [-0.2, 0) is 16.0 Å². The van der Waals surface area contributed by atoms with Crippen LogP contribution in [0, 0.1) is 5.92 Å². The van der Waals surface area contributed by atoms with Crippen molar-refractivity contribution in [3.05, 3.63) is 29.8 Å². The highest BCUT2D eigenvalue weighted by Gasteiger charge is 2.25. The minimum atomic E-state index is 0.0175. The van der Waals surface area contributed by atoms with Gasteiger partial charge in [0.15, 0.2) is 0 Å². The van der Waals surface area contributed by atoms with E-state index in [1.165, 1.54) is 5.56 Å². The molecule has 21 heavy (non-hydrogen) atoms. The van der Waals surface area contributed by atoms with Crippen molar-refractivity contribution >= 4 is 5.78 Å². The van der Waals surface area contributed by atoms with Crippen LogP contribution >= 0.6 is 0 Å². The zero-order valence-corrected chi connectivity index (χ0v) is 13.2. The highest BCUT2D eigenvalue weighted by molar-refractivity contribution is 5.82. The highest BCUT2D eigenvalue weighted by Crippen LogP contribution is 2.21. The Hall–Kier alpha value is -1.39. The van der Waals surface area contributed by atoms with Gasteiger partial charge in [-0.05, 0) is 32.0 Å². The minimum absolute atomic E-state index is 0.0175. The molecule has 116 valence electrons. The van der Waals surface area contributed by atoms with Gasteiger partial charge in [0.25, 0.3) is 0 Å². The number of benzene rings is 1. The Labute approximate surface area is 127 Å². The van der Waals surface area contributed by atoms with Crippen molar-refractivity contribution in [2.24, 2.45) is 5.92 Å². The Morgan fingerprint density at radius 2 is 2.19 bits per heavy atom. The number of ether oxygens (including phenoxy) is 2. The zero-order valence-electron chi connectivity index (χ0n) is 13.2. The van der Waals surface area contributed by atoms with Gasteiger partial charge < -0.3 is 14.4 Å². The molecule has 1 heterocycles. The number of hydrogen-bond donors (Lipinski definition) is 0. The molecule has 1 aromatic rings. The molecule has 1 aromatic carbocycles. The number of methoxy groups -OCH3 is 1. The number of carbonyl (C=O) groups is 1. The molecule has 0 bridgehead atoms. The molecule has 1 fully saturated rings. The molecular weight excluding hydrogens is 266 g/mol. The van der Waals surface area contributed by atoms with Gasteiger partial charge in [0.05, 0.1) is 26.2 Å². The van der Waals surface area contributed by atoms with E-state index in [-0.39, 0.29) is 5.92 Å². The van der Waals surface area contributed by atoms with E-state index in [1.54, 1.807) is 7.11 Å². The monoisotopic (exact) mass is 291 g/mol. The second-order valence-corrected chi connectivity index (χ2v) is 5.79. The van der Waals surface area contributed by atoms with Crippen LogP contribution in [0.15, 0.2) is 24.3 Å². The summed E-state index contributed by atoms with van der Waals surface area (Å²) in [5.74, 6) is 1.27. The smallest absolute Gasteiger partial charge is 0.141 e. The van der Waals surface area contributed by atoms with Crippen LogP contribution in [0.5, 0.6) is 5.75 Å². The topological polar surface area (TPSA) is 38.8 Å². The predicted molar refractivity (Wildman–Crippen MR) is 82.7 cm³/mol. The van der Waals surface area contributed by atoms with Crippen molar-refractivity contribution < 1.29 is 14.3 Å². The minimum Gasteiger partial charge on any atom is -0.496 e. The summed E-state index contributed by atoms with van der Waals surface area (Å²) in [6.45, 7) is 4.08. The first kappa shape index (κ1) is 16.0. The Balaban J connectivity index is 1.92. The number of nitrogens with zero attached hydrogens (tertiary/aromatic N) is 1. The Bertz CT molecular complexity index is 475. The van der Waals surface area contributed by atoms with Crippen LogP contribution in [0.2, 0.25) is 0 Å². The number of likely N-dealkylation sites (N-methyl/N-ethyl adjacent to an activating group) is 1. The molecule has 1 saturated heterocycles. The van der Waals surface area contributed by atoms with Crippen LogP contribution in [-0.4, -0.2) is 50.6 Å². The lowest BCUT2D eigenvalue weighted by atomic mass is 9.98. The summed E-state index contributed by atoms with van der Waals surface area (Å²) in [5.41, 5.74) is 1.20. The maximum atomic E-state index is 11.9. The summed E-state index contributed by atoms with van der Waals surface area (Å²) >= 11 is 0. The second-order valence-electron chi connectivity index (χ2n) is 5.79. The lowest BCUT2D eigenvalue weighted by molar-refractivity contribution is -0.131. The molecule has 0 N–H and O–H groups in total. The van der Waals surface area contributed by atoms with E-state index in [2.05, 4.69) is 24.9 Å². The number of para-hydroxylation sites is 1. The van der Waals surface area contributed by atoms with E-state index in [4.69, 9.17) is 9.47 Å². The van der Waals surface area contributed by atoms with E-state index in [0.29, 0.717) is 31.5 Å². The van der Waals surface area contributed by atoms with Gasteiger partial charge in [-0.2, -0.15) is 0 Å². The number of rotatable bonds is 6. The first-order valence-corrected chi connectivity index (χ1v) is 7.54. The summed E-state index contributed by atoms with van der Waals surface area (Å²) in [6, 6.07) is 8.44. The highest BCUT2D eigenvalue weighted by atomic mass is 16.5. The van der Waals surface area contributed by atoms with Gasteiger partial charge in [0.2, 0.25) is 0 Å². The first-order chi connectivity index (χ1) is 10.1. The largest absolute Gasteiger partial charge is 0.496 e. The molecular formula is C17H25NO3. The van der Waals surface area contributed by atoms with Crippen molar-refractivity contribution in [1.82, 2.24) is 4.90 Å². The van der Waals surface area contributed by atoms with Gasteiger partial charge in [-0.3, -0.25) is 4.79 Å². The van der Waals surface area contributed by atoms with Crippen LogP contribution in [0.1, 0.15) is 18.9 Å². The molecule has 1 aliphatic heterocycles. The number of carbonyl (C=O) groups excluding carboxylic acids is 1. The normalized spacial score (nSPS) is 20.6. The first-order valence-electron chi connectivity index (χ1n) is 7.54. The molecule has 0 radical (unpaired) electrons. The zero-order chi connectivity index (χ0) is 15.2. The van der Waals surface area contributed by atoms with E-state index in [9.17, 15) is 4.79 Å². The van der Waals surface area contributed by atoms with Gasteiger partial charge in [0, 0.05) is 19.0 Å². The molecule has 0 aliphatic carbocycles. The molecule has 1 aliphatic rings. The van der Waals surface area contributed by atoms with Crippen molar-refractivity contribution in [3.63, 3.8) is 0 Å². The van der Waals surface area contributed by atoms with E-state index in [0.717, 1.165) is 18.7 Å². The molecule has 2 rings (SSSR count). The third kappa shape index (κ3) is 4.29. The molecule has 4 nitrogen and oxygen atoms in total. The number of ketones is 1. The summed E-state index contributed by atoms with van der Waals surface area (Å²) in [5, 5.41) is 0. The van der Waals surface area contributed by atoms with E-state index in [1.807, 2.05) is 18.2 Å². The fraction of sp³-hybridized carbons (Fsp3) is 0.588. The standard InChI is InChI=1S/C17H25NO3/c1-13(10-14-6-4-5-7-17(14)20-3)18(2)11-15-12-21-9-8-16(15)19/h4-7,13,15H,8-12H2,1-3H3. The third-order valence-corrected chi connectivity index (χ3v) is 4.24. The maximum absolute atomic E-state index is 11.9. The summed E-state index contributed by atoms with van der Waals surface area (Å²) in [4.78, 5) is 14.1. The molecule has 0 aromatic heterocycles. The van der Waals surface area contributed by atoms with Crippen LogP contribution in [0.25, 0.3) is 0 Å². The van der Waals surface area contributed by atoms with Crippen molar-refractivity contribution in [3.8, 4) is 5.75 Å². The Kier molecular flexibility index (Phi) is 5.76. The van der Waals surface area contributed by atoms with Crippen molar-refractivity contribution in [1.29, 1.82) is 0 Å². The lowest BCUT2D eigenvalue weighted by Crippen LogP contribution is -2.41. The van der Waals surface area contributed by atoms with Crippen LogP contribution in [0.4, 0.5) is 0 Å². The molecule has 4 heteroatoms. The third-order valence-electron chi connectivity index (χ3n) is 4.24. The Morgan fingerprint density at radius 3 is 2.90 bits per heavy atom. The molecule has 0 spiro atoms. The van der Waals surface area contributed by atoms with Crippen LogP contribution in [0.3, 0.4) is 0 Å². The maximum Gasteiger partial charge on any atom is 0.141 e. The van der Waals surface area contributed by atoms with Gasteiger partial charge in [-0.1, -0.05) is 18.2 Å². The SMILES string of the molecule is COc1ccccc1CC(C)N(C)CC1COCCC1=O. The van der Waals surface area contributed by atoms with Gasteiger partial charge in [-0.15, -0.1) is 0 Å². The second kappa shape index (κ2) is 7.57. The average Bonchev–Trinajstić information content (AvgIpc) is 2.50. The van der Waals surface area contributed by atoms with Gasteiger partial charge >= 0.3 is 0 Å². The fourth-order valence-corrected chi connectivity index (χ4v) is 2.72. The molecule has 0 saturated carbocycles. The fourth-order valence-electron chi connectivity index (χ4n) is 2.72. The van der Waals surface area contributed by atoms with Crippen molar-refractivity contribution in [2.75, 3.05) is 33.9 Å².